The highest BCUT2D eigenvalue weighted by Gasteiger charge is 2.15. The van der Waals surface area contributed by atoms with Gasteiger partial charge in [0, 0.05) is 21.5 Å². The molecule has 0 N–H and O–H groups in total. The number of benzene rings is 5. The summed E-state index contributed by atoms with van der Waals surface area (Å²) in [4.78, 5) is 0. The van der Waals surface area contributed by atoms with Gasteiger partial charge < -0.3 is 8.83 Å². The van der Waals surface area contributed by atoms with Gasteiger partial charge in [-0.2, -0.15) is 0 Å². The van der Waals surface area contributed by atoms with E-state index in [-0.39, 0.29) is 0 Å². The van der Waals surface area contributed by atoms with Crippen molar-refractivity contribution in [3.8, 4) is 0 Å². The Hall–Kier alpha value is -3.78. The van der Waals surface area contributed by atoms with Crippen LogP contribution in [0.3, 0.4) is 0 Å². The third-order valence-corrected chi connectivity index (χ3v) is 8.25. The molecule has 0 atom stereocenters. The van der Waals surface area contributed by atoms with Gasteiger partial charge >= 0.3 is 0 Å². The molecule has 0 aliphatic heterocycles. The van der Waals surface area contributed by atoms with E-state index in [0.717, 1.165) is 56.7 Å². The van der Waals surface area contributed by atoms with Gasteiger partial charge in [0.2, 0.25) is 0 Å². The third-order valence-electron chi connectivity index (χ3n) is 8.25. The molecule has 0 unspecified atom stereocenters. The number of unbranched alkanes of at least 4 members (excludes halogenated alkanes) is 4. The van der Waals surface area contributed by atoms with E-state index in [0.29, 0.717) is 0 Å². The van der Waals surface area contributed by atoms with Crippen LogP contribution in [0.5, 0.6) is 0 Å². The largest absolute Gasteiger partial charge is 0.456 e. The summed E-state index contributed by atoms with van der Waals surface area (Å²) in [6.45, 7) is 4.52. The molecule has 7 rings (SSSR count). The van der Waals surface area contributed by atoms with Gasteiger partial charge in [0.15, 0.2) is 0 Å². The van der Waals surface area contributed by atoms with E-state index in [1.54, 1.807) is 0 Å². The third kappa shape index (κ3) is 4.04. The van der Waals surface area contributed by atoms with Crippen LogP contribution < -0.4 is 0 Å². The van der Waals surface area contributed by atoms with Gasteiger partial charge in [-0.15, -0.1) is 0 Å². The number of fused-ring (bicyclic) bond motifs is 8. The molecule has 0 fully saturated rings. The van der Waals surface area contributed by atoms with Crippen molar-refractivity contribution >= 4 is 65.4 Å². The summed E-state index contributed by atoms with van der Waals surface area (Å²) in [7, 11) is 0. The molecule has 2 heteroatoms. The van der Waals surface area contributed by atoms with Gasteiger partial charge in [-0.1, -0.05) is 75.9 Å². The van der Waals surface area contributed by atoms with E-state index < -0.39 is 0 Å². The van der Waals surface area contributed by atoms with E-state index >= 15 is 0 Å². The lowest BCUT2D eigenvalue weighted by atomic mass is 10.00. The van der Waals surface area contributed by atoms with Crippen molar-refractivity contribution in [1.29, 1.82) is 0 Å². The molecule has 0 aliphatic rings. The molecule has 38 heavy (non-hydrogen) atoms. The number of hydrogen-bond acceptors (Lipinski definition) is 2. The van der Waals surface area contributed by atoms with Gasteiger partial charge in [-0.25, -0.2) is 0 Å². The summed E-state index contributed by atoms with van der Waals surface area (Å²) in [5.74, 6) is 0. The van der Waals surface area contributed by atoms with Crippen LogP contribution in [0.2, 0.25) is 0 Å². The Morgan fingerprint density at radius 3 is 1.29 bits per heavy atom. The van der Waals surface area contributed by atoms with Crippen molar-refractivity contribution in [3.05, 3.63) is 83.9 Å². The van der Waals surface area contributed by atoms with Crippen molar-refractivity contribution in [2.45, 2.75) is 65.2 Å². The van der Waals surface area contributed by atoms with Crippen LogP contribution in [0.4, 0.5) is 0 Å². The van der Waals surface area contributed by atoms with E-state index in [2.05, 4.69) is 86.6 Å². The van der Waals surface area contributed by atoms with Crippen LogP contribution in [-0.4, -0.2) is 0 Å². The van der Waals surface area contributed by atoms with Crippen molar-refractivity contribution in [1.82, 2.24) is 0 Å². The van der Waals surface area contributed by atoms with Crippen LogP contribution in [0, 0.1) is 0 Å². The van der Waals surface area contributed by atoms with E-state index in [9.17, 15) is 0 Å². The first kappa shape index (κ1) is 23.3. The minimum absolute atomic E-state index is 0.919. The van der Waals surface area contributed by atoms with Crippen LogP contribution in [0.1, 0.15) is 63.5 Å². The minimum Gasteiger partial charge on any atom is -0.456 e. The first-order chi connectivity index (χ1) is 18.7. The molecule has 2 heterocycles. The predicted octanol–water partition coefficient (Wildman–Crippen LogP) is 11.3. The Morgan fingerprint density at radius 1 is 0.421 bits per heavy atom. The quantitative estimate of drug-likeness (QED) is 0.195. The zero-order chi connectivity index (χ0) is 25.6. The highest BCUT2D eigenvalue weighted by atomic mass is 16.3. The van der Waals surface area contributed by atoms with Crippen molar-refractivity contribution in [2.75, 3.05) is 0 Å². The van der Waals surface area contributed by atoms with Crippen molar-refractivity contribution in [2.24, 2.45) is 0 Å². The van der Waals surface area contributed by atoms with Gasteiger partial charge in [-0.3, -0.25) is 0 Å². The fourth-order valence-corrected chi connectivity index (χ4v) is 6.10. The average Bonchev–Trinajstić information content (AvgIpc) is 3.45. The fraction of sp³-hybridized carbons (Fsp3) is 0.278. The molecular weight excluding hydrogens is 464 g/mol. The highest BCUT2D eigenvalue weighted by Crippen LogP contribution is 2.39. The second kappa shape index (κ2) is 9.51. The first-order valence-electron chi connectivity index (χ1n) is 14.4. The van der Waals surface area contributed by atoms with E-state index in [1.165, 1.54) is 71.2 Å². The Kier molecular flexibility index (Phi) is 5.84. The first-order valence-corrected chi connectivity index (χ1v) is 14.4. The van der Waals surface area contributed by atoms with Crippen LogP contribution >= 0.6 is 0 Å². The number of furan rings is 2. The van der Waals surface area contributed by atoms with Gasteiger partial charge in [-0.05, 0) is 94.8 Å². The summed E-state index contributed by atoms with van der Waals surface area (Å²) in [6, 6.07) is 27.0. The zero-order valence-electron chi connectivity index (χ0n) is 22.4. The maximum Gasteiger partial charge on any atom is 0.136 e. The molecule has 0 amide bonds. The standard InChI is InChI=1S/C36H34O2/c1-3-5-7-9-23-11-13-25-19-33-29(17-27(25)15-23)31-21-36-32(22-35(31)37-33)30-18-28-16-24(10-8-6-4-2)12-14-26(28)20-34(30)38-36/h11-22H,3-10H2,1-2H3. The SMILES string of the molecule is CCCCCc1ccc2cc3oc4cc5c(cc4c3cc2c1)oc1cc2ccc(CCCCC)cc2cc15. The molecule has 0 spiro atoms. The fourth-order valence-electron chi connectivity index (χ4n) is 6.10. The van der Waals surface area contributed by atoms with Crippen LogP contribution in [0.25, 0.3) is 65.4 Å². The zero-order valence-corrected chi connectivity index (χ0v) is 22.4. The summed E-state index contributed by atoms with van der Waals surface area (Å²) < 4.78 is 12.8. The minimum atomic E-state index is 0.919. The molecule has 7 aromatic rings. The second-order valence-electron chi connectivity index (χ2n) is 11.0. The Labute approximate surface area is 223 Å². The molecule has 5 aromatic carbocycles. The lowest BCUT2D eigenvalue weighted by Gasteiger charge is -2.04. The normalized spacial score (nSPS) is 12.3. The van der Waals surface area contributed by atoms with E-state index in [1.807, 2.05) is 0 Å². The maximum atomic E-state index is 6.42. The molecule has 190 valence electrons. The lowest BCUT2D eigenvalue weighted by Crippen LogP contribution is -1.85. The van der Waals surface area contributed by atoms with Gasteiger partial charge in [0.05, 0.1) is 0 Å². The summed E-state index contributed by atoms with van der Waals surface area (Å²) in [5.41, 5.74) is 6.54. The Bertz CT molecular complexity index is 1810. The van der Waals surface area contributed by atoms with Crippen molar-refractivity contribution < 1.29 is 8.83 Å². The Morgan fingerprint density at radius 2 is 0.842 bits per heavy atom. The van der Waals surface area contributed by atoms with Gasteiger partial charge in [0.25, 0.3) is 0 Å². The van der Waals surface area contributed by atoms with E-state index in [4.69, 9.17) is 8.83 Å². The van der Waals surface area contributed by atoms with Crippen LogP contribution in [-0.2, 0) is 12.8 Å². The monoisotopic (exact) mass is 498 g/mol. The molecule has 2 aromatic heterocycles. The maximum absolute atomic E-state index is 6.42. The molecule has 0 aliphatic carbocycles. The smallest absolute Gasteiger partial charge is 0.136 e. The molecular formula is C36H34O2. The highest BCUT2D eigenvalue weighted by molar-refractivity contribution is 6.18. The number of rotatable bonds is 8. The average molecular weight is 499 g/mol. The molecule has 0 radical (unpaired) electrons. The second-order valence-corrected chi connectivity index (χ2v) is 11.0. The number of aryl methyl sites for hydroxylation is 2. The summed E-state index contributed by atoms with van der Waals surface area (Å²) >= 11 is 0. The molecule has 2 nitrogen and oxygen atoms in total. The van der Waals surface area contributed by atoms with Crippen LogP contribution in [0.15, 0.2) is 81.6 Å². The summed E-state index contributed by atoms with van der Waals surface area (Å²) in [6.07, 6.45) is 9.85. The van der Waals surface area contributed by atoms with Crippen molar-refractivity contribution in [3.63, 3.8) is 0 Å². The summed E-state index contributed by atoms with van der Waals surface area (Å²) in [5, 5.41) is 9.56. The topological polar surface area (TPSA) is 26.3 Å². The molecule has 0 bridgehead atoms. The Balaban J connectivity index is 1.34. The molecule has 0 saturated carbocycles. The molecule has 0 saturated heterocycles. The van der Waals surface area contributed by atoms with Gasteiger partial charge in [0.1, 0.15) is 22.3 Å². The lowest BCUT2D eigenvalue weighted by molar-refractivity contribution is 0.664. The predicted molar refractivity (Wildman–Crippen MR) is 162 cm³/mol. The number of hydrogen-bond donors (Lipinski definition) is 0.